The zero-order chi connectivity index (χ0) is 11.9. The Morgan fingerprint density at radius 3 is 2.81 bits per heavy atom. The van der Waals surface area contributed by atoms with Crippen LogP contribution in [0.25, 0.3) is 11.0 Å². The minimum atomic E-state index is 0.127. The molecule has 1 aromatic carbocycles. The first-order valence-corrected chi connectivity index (χ1v) is 5.47. The summed E-state index contributed by atoms with van der Waals surface area (Å²) in [4.78, 5) is 15.6. The number of hydrogen-bond acceptors (Lipinski definition) is 2. The lowest BCUT2D eigenvalue weighted by Gasteiger charge is -2.04. The van der Waals surface area contributed by atoms with Crippen LogP contribution in [0, 0.1) is 6.92 Å². The van der Waals surface area contributed by atoms with Crippen molar-refractivity contribution in [2.75, 3.05) is 0 Å². The van der Waals surface area contributed by atoms with Crippen LogP contribution < -0.4 is 0 Å². The van der Waals surface area contributed by atoms with Gasteiger partial charge in [0.2, 0.25) is 0 Å². The van der Waals surface area contributed by atoms with Gasteiger partial charge in [0.05, 0.1) is 11.0 Å². The zero-order valence-corrected chi connectivity index (χ0v) is 10.3. The molecule has 0 N–H and O–H groups in total. The van der Waals surface area contributed by atoms with Crippen molar-refractivity contribution in [3.8, 4) is 0 Å². The Morgan fingerprint density at radius 1 is 1.50 bits per heavy atom. The second-order valence-electron chi connectivity index (χ2n) is 4.03. The van der Waals surface area contributed by atoms with Crippen molar-refractivity contribution in [2.24, 2.45) is 7.05 Å². The predicted molar refractivity (Wildman–Crippen MR) is 64.8 cm³/mol. The number of carbonyl (C=O) groups excluding carboxylic acids is 1. The van der Waals surface area contributed by atoms with Gasteiger partial charge in [0, 0.05) is 18.5 Å². The summed E-state index contributed by atoms with van der Waals surface area (Å²) in [6.45, 7) is 3.52. The highest BCUT2D eigenvalue weighted by Crippen LogP contribution is 2.24. The fourth-order valence-corrected chi connectivity index (χ4v) is 2.16. The molecule has 0 fully saturated rings. The molecule has 4 heteroatoms. The van der Waals surface area contributed by atoms with Crippen molar-refractivity contribution in [1.82, 2.24) is 9.55 Å². The Morgan fingerprint density at radius 2 is 2.19 bits per heavy atom. The lowest BCUT2D eigenvalue weighted by atomic mass is 10.1. The van der Waals surface area contributed by atoms with Gasteiger partial charge in [-0.05, 0) is 31.5 Å². The molecule has 0 radical (unpaired) electrons. The highest BCUT2D eigenvalue weighted by atomic mass is 35.5. The van der Waals surface area contributed by atoms with E-state index in [1.54, 1.807) is 6.92 Å². The van der Waals surface area contributed by atoms with Gasteiger partial charge >= 0.3 is 0 Å². The van der Waals surface area contributed by atoms with Crippen molar-refractivity contribution in [2.45, 2.75) is 20.3 Å². The fraction of sp³-hybridized carbons (Fsp3) is 0.333. The fourth-order valence-electron chi connectivity index (χ4n) is 1.93. The lowest BCUT2D eigenvalue weighted by molar-refractivity contribution is -0.116. The number of rotatable bonds is 2. The van der Waals surface area contributed by atoms with Gasteiger partial charge < -0.3 is 4.57 Å². The first-order valence-electron chi connectivity index (χ1n) is 5.10. The van der Waals surface area contributed by atoms with Crippen LogP contribution in [0.4, 0.5) is 0 Å². The molecule has 2 aromatic rings. The summed E-state index contributed by atoms with van der Waals surface area (Å²) >= 11 is 6.01. The van der Waals surface area contributed by atoms with Gasteiger partial charge in [-0.25, -0.2) is 4.98 Å². The number of ketones is 1. The number of fused-ring (bicyclic) bond motifs is 1. The summed E-state index contributed by atoms with van der Waals surface area (Å²) < 4.78 is 1.99. The molecular formula is C12H13ClN2O. The van der Waals surface area contributed by atoms with Crippen LogP contribution in [0.5, 0.6) is 0 Å². The van der Waals surface area contributed by atoms with Gasteiger partial charge in [0.1, 0.15) is 11.6 Å². The average molecular weight is 237 g/mol. The van der Waals surface area contributed by atoms with E-state index >= 15 is 0 Å². The Labute approximate surface area is 99.0 Å². The van der Waals surface area contributed by atoms with Crippen molar-refractivity contribution in [3.05, 3.63) is 28.5 Å². The number of benzene rings is 1. The van der Waals surface area contributed by atoms with Crippen LogP contribution >= 0.6 is 11.6 Å². The topological polar surface area (TPSA) is 34.9 Å². The summed E-state index contributed by atoms with van der Waals surface area (Å²) in [7, 11) is 1.95. The molecule has 0 saturated heterocycles. The van der Waals surface area contributed by atoms with Gasteiger partial charge in [0.15, 0.2) is 0 Å². The molecule has 1 heterocycles. The third kappa shape index (κ3) is 1.83. The number of imidazole rings is 1. The first-order chi connectivity index (χ1) is 7.49. The summed E-state index contributed by atoms with van der Waals surface area (Å²) in [5.74, 6) is 1.05. The van der Waals surface area contributed by atoms with Crippen LogP contribution in [0.2, 0.25) is 5.02 Å². The number of aryl methyl sites for hydroxylation is 2. The minimum Gasteiger partial charge on any atom is -0.331 e. The molecule has 0 spiro atoms. The minimum absolute atomic E-state index is 0.127. The van der Waals surface area contributed by atoms with Crippen LogP contribution in [-0.2, 0) is 18.3 Å². The summed E-state index contributed by atoms with van der Waals surface area (Å²) in [6.07, 6.45) is 0.399. The van der Waals surface area contributed by atoms with Crippen LogP contribution in [0.1, 0.15) is 18.3 Å². The Kier molecular flexibility index (Phi) is 2.72. The smallest absolute Gasteiger partial charge is 0.134 e. The van der Waals surface area contributed by atoms with E-state index in [0.717, 1.165) is 22.4 Å². The molecule has 2 rings (SSSR count). The van der Waals surface area contributed by atoms with Gasteiger partial charge in [-0.2, -0.15) is 0 Å². The number of nitrogens with zero attached hydrogens (tertiary/aromatic N) is 2. The van der Waals surface area contributed by atoms with Crippen molar-refractivity contribution in [1.29, 1.82) is 0 Å². The number of hydrogen-bond donors (Lipinski definition) is 0. The predicted octanol–water partition coefficient (Wildman–Crippen LogP) is 2.67. The van der Waals surface area contributed by atoms with E-state index in [1.807, 2.05) is 30.7 Å². The van der Waals surface area contributed by atoms with Crippen molar-refractivity contribution < 1.29 is 4.79 Å². The van der Waals surface area contributed by atoms with Crippen LogP contribution in [-0.4, -0.2) is 15.3 Å². The molecule has 84 valence electrons. The second-order valence-corrected chi connectivity index (χ2v) is 4.47. The van der Waals surface area contributed by atoms with E-state index < -0.39 is 0 Å². The number of Topliss-reactive ketones (excluding diaryl/α,β-unsaturated/α-hetero) is 1. The van der Waals surface area contributed by atoms with Gasteiger partial charge in [0.25, 0.3) is 0 Å². The summed E-state index contributed by atoms with van der Waals surface area (Å²) in [6, 6.07) is 3.67. The quantitative estimate of drug-likeness (QED) is 0.804. The van der Waals surface area contributed by atoms with Crippen molar-refractivity contribution in [3.63, 3.8) is 0 Å². The van der Waals surface area contributed by atoms with E-state index in [-0.39, 0.29) is 5.78 Å². The summed E-state index contributed by atoms with van der Waals surface area (Å²) in [5, 5.41) is 0.627. The third-order valence-corrected chi connectivity index (χ3v) is 2.89. The highest BCUT2D eigenvalue weighted by molar-refractivity contribution is 6.31. The molecule has 0 bridgehead atoms. The molecular weight excluding hydrogens is 224 g/mol. The van der Waals surface area contributed by atoms with Gasteiger partial charge in [-0.1, -0.05) is 11.6 Å². The normalized spacial score (nSPS) is 11.0. The monoisotopic (exact) mass is 236 g/mol. The molecule has 0 unspecified atom stereocenters. The molecule has 0 amide bonds. The zero-order valence-electron chi connectivity index (χ0n) is 9.54. The van der Waals surface area contributed by atoms with Gasteiger partial charge in [-0.15, -0.1) is 0 Å². The maximum atomic E-state index is 11.2. The van der Waals surface area contributed by atoms with Crippen LogP contribution in [0.3, 0.4) is 0 Å². The highest BCUT2D eigenvalue weighted by Gasteiger charge is 2.11. The number of carbonyl (C=O) groups is 1. The molecule has 0 aliphatic carbocycles. The SMILES string of the molecule is CC(=O)Cc1cc(Cl)cc2nc(C)n(C)c12. The molecule has 16 heavy (non-hydrogen) atoms. The van der Waals surface area contributed by atoms with Crippen LogP contribution in [0.15, 0.2) is 12.1 Å². The maximum absolute atomic E-state index is 11.2. The van der Waals surface area contributed by atoms with E-state index in [0.29, 0.717) is 11.4 Å². The maximum Gasteiger partial charge on any atom is 0.134 e. The lowest BCUT2D eigenvalue weighted by Crippen LogP contribution is -2.00. The number of aromatic nitrogens is 2. The first kappa shape index (κ1) is 11.1. The molecule has 0 aliphatic rings. The van der Waals surface area contributed by atoms with E-state index in [2.05, 4.69) is 4.98 Å². The average Bonchev–Trinajstić information content (AvgIpc) is 2.40. The third-order valence-electron chi connectivity index (χ3n) is 2.68. The largest absolute Gasteiger partial charge is 0.331 e. The standard InChI is InChI=1S/C12H13ClN2O/c1-7(16)4-9-5-10(13)6-11-12(9)15(3)8(2)14-11/h5-6H,4H2,1-3H3. The van der Waals surface area contributed by atoms with Gasteiger partial charge in [-0.3, -0.25) is 4.79 Å². The Balaban J connectivity index is 2.74. The Hall–Kier alpha value is -1.35. The molecule has 0 aliphatic heterocycles. The van der Waals surface area contributed by atoms with E-state index in [9.17, 15) is 4.79 Å². The molecule has 0 saturated carbocycles. The van der Waals surface area contributed by atoms with E-state index in [1.165, 1.54) is 0 Å². The Bertz CT molecular complexity index is 572. The second kappa shape index (κ2) is 3.91. The van der Waals surface area contributed by atoms with Crippen molar-refractivity contribution >= 4 is 28.4 Å². The molecule has 1 aromatic heterocycles. The molecule has 0 atom stereocenters. The summed E-state index contributed by atoms with van der Waals surface area (Å²) in [5.41, 5.74) is 2.79. The number of halogens is 1. The molecule has 3 nitrogen and oxygen atoms in total. The van der Waals surface area contributed by atoms with E-state index in [4.69, 9.17) is 11.6 Å².